The van der Waals surface area contributed by atoms with Gasteiger partial charge in [-0.3, -0.25) is 4.79 Å². The maximum atomic E-state index is 12.7. The van der Waals surface area contributed by atoms with Gasteiger partial charge < -0.3 is 5.32 Å². The van der Waals surface area contributed by atoms with Gasteiger partial charge in [-0.1, -0.05) is 49.7 Å². The van der Waals surface area contributed by atoms with Gasteiger partial charge in [-0.2, -0.15) is 4.31 Å². The minimum atomic E-state index is -3.59. The Balaban J connectivity index is 1.71. The Morgan fingerprint density at radius 1 is 1.13 bits per heavy atom. The van der Waals surface area contributed by atoms with Crippen LogP contribution in [0.25, 0.3) is 10.6 Å². The number of carbonyl (C=O) groups is 1. The molecule has 9 heteroatoms. The first-order chi connectivity index (χ1) is 14.3. The predicted octanol–water partition coefficient (Wildman–Crippen LogP) is 4.68. The zero-order chi connectivity index (χ0) is 21.7. The third kappa shape index (κ3) is 5.07. The molecular formula is C21H22ClN3O3S2. The van der Waals surface area contributed by atoms with Gasteiger partial charge in [0.1, 0.15) is 5.01 Å². The number of sulfonamides is 1. The summed E-state index contributed by atoms with van der Waals surface area (Å²) in [5.41, 5.74) is 1.87. The van der Waals surface area contributed by atoms with Crippen molar-refractivity contribution in [2.75, 3.05) is 18.4 Å². The lowest BCUT2D eigenvalue weighted by molar-refractivity contribution is -0.115. The fourth-order valence-corrected chi connectivity index (χ4v) is 5.61. The molecule has 1 N–H and O–H groups in total. The van der Waals surface area contributed by atoms with Crippen LogP contribution < -0.4 is 5.32 Å². The first-order valence-electron chi connectivity index (χ1n) is 9.44. The molecule has 3 aromatic rings. The van der Waals surface area contributed by atoms with Crippen LogP contribution in [0.1, 0.15) is 19.5 Å². The van der Waals surface area contributed by atoms with Crippen molar-refractivity contribution in [3.05, 3.63) is 64.6 Å². The van der Waals surface area contributed by atoms with E-state index in [9.17, 15) is 13.2 Å². The SMILES string of the molecule is CCN(CC)S(=O)(=O)c1cccc(NC(=O)Cc2csc(-c3ccccc3Cl)n2)c1. The number of amides is 1. The number of hydrogen-bond acceptors (Lipinski definition) is 5. The Kier molecular flexibility index (Phi) is 7.25. The molecule has 0 saturated heterocycles. The van der Waals surface area contributed by atoms with Crippen molar-refractivity contribution in [2.24, 2.45) is 0 Å². The molecule has 3 rings (SSSR count). The molecule has 158 valence electrons. The zero-order valence-corrected chi connectivity index (χ0v) is 19.0. The number of nitrogens with one attached hydrogen (secondary N) is 1. The summed E-state index contributed by atoms with van der Waals surface area (Å²) in [6, 6.07) is 13.7. The van der Waals surface area contributed by atoms with Gasteiger partial charge in [-0.25, -0.2) is 13.4 Å². The predicted molar refractivity (Wildman–Crippen MR) is 121 cm³/mol. The highest BCUT2D eigenvalue weighted by molar-refractivity contribution is 7.89. The van der Waals surface area contributed by atoms with E-state index in [-0.39, 0.29) is 17.2 Å². The summed E-state index contributed by atoms with van der Waals surface area (Å²) in [5.74, 6) is -0.275. The van der Waals surface area contributed by atoms with Crippen molar-refractivity contribution < 1.29 is 13.2 Å². The number of carbonyl (C=O) groups excluding carboxylic acids is 1. The van der Waals surface area contributed by atoms with Crippen molar-refractivity contribution >= 4 is 44.6 Å². The van der Waals surface area contributed by atoms with Gasteiger partial charge in [0.05, 0.1) is 22.0 Å². The van der Waals surface area contributed by atoms with Crippen LogP contribution >= 0.6 is 22.9 Å². The van der Waals surface area contributed by atoms with Crippen LogP contribution in [-0.2, 0) is 21.2 Å². The van der Waals surface area contributed by atoms with E-state index in [2.05, 4.69) is 10.3 Å². The lowest BCUT2D eigenvalue weighted by atomic mass is 10.2. The first kappa shape index (κ1) is 22.4. The largest absolute Gasteiger partial charge is 0.326 e. The summed E-state index contributed by atoms with van der Waals surface area (Å²) >= 11 is 7.63. The highest BCUT2D eigenvalue weighted by Gasteiger charge is 2.22. The smallest absolute Gasteiger partial charge is 0.243 e. The third-order valence-corrected chi connectivity index (χ3v) is 7.76. The molecular weight excluding hydrogens is 442 g/mol. The Morgan fingerprint density at radius 3 is 2.57 bits per heavy atom. The van der Waals surface area contributed by atoms with Gasteiger partial charge in [0.2, 0.25) is 15.9 Å². The van der Waals surface area contributed by atoms with Gasteiger partial charge in [-0.05, 0) is 24.3 Å². The van der Waals surface area contributed by atoms with Gasteiger partial charge in [0.25, 0.3) is 0 Å². The number of anilines is 1. The monoisotopic (exact) mass is 463 g/mol. The van der Waals surface area contributed by atoms with E-state index in [0.717, 1.165) is 10.6 Å². The van der Waals surface area contributed by atoms with Crippen LogP contribution in [0.5, 0.6) is 0 Å². The van der Waals surface area contributed by atoms with Gasteiger partial charge in [0.15, 0.2) is 0 Å². The lowest BCUT2D eigenvalue weighted by Crippen LogP contribution is -2.30. The van der Waals surface area contributed by atoms with E-state index in [1.807, 2.05) is 23.6 Å². The highest BCUT2D eigenvalue weighted by atomic mass is 35.5. The van der Waals surface area contributed by atoms with Crippen LogP contribution in [0.4, 0.5) is 5.69 Å². The summed E-state index contributed by atoms with van der Waals surface area (Å²) in [7, 11) is -3.59. The minimum absolute atomic E-state index is 0.0774. The molecule has 0 aliphatic carbocycles. The van der Waals surface area contributed by atoms with Gasteiger partial charge in [-0.15, -0.1) is 11.3 Å². The van der Waals surface area contributed by atoms with Crippen molar-refractivity contribution in [1.29, 1.82) is 0 Å². The Bertz CT molecular complexity index is 1140. The van der Waals surface area contributed by atoms with Gasteiger partial charge >= 0.3 is 0 Å². The molecule has 0 radical (unpaired) electrons. The quantitative estimate of drug-likeness (QED) is 0.526. The van der Waals surface area contributed by atoms with E-state index in [1.165, 1.54) is 27.8 Å². The second-order valence-electron chi connectivity index (χ2n) is 6.47. The normalized spacial score (nSPS) is 11.6. The lowest BCUT2D eigenvalue weighted by Gasteiger charge is -2.18. The number of aromatic nitrogens is 1. The topological polar surface area (TPSA) is 79.4 Å². The summed E-state index contributed by atoms with van der Waals surface area (Å²) in [6.45, 7) is 4.34. The Labute approximate surface area is 185 Å². The van der Waals surface area contributed by atoms with E-state index in [4.69, 9.17) is 11.6 Å². The zero-order valence-electron chi connectivity index (χ0n) is 16.6. The maximum absolute atomic E-state index is 12.7. The number of halogens is 1. The van der Waals surface area contributed by atoms with Crippen LogP contribution in [0.3, 0.4) is 0 Å². The molecule has 0 bridgehead atoms. The van der Waals surface area contributed by atoms with Crippen molar-refractivity contribution in [2.45, 2.75) is 25.2 Å². The molecule has 1 amide bonds. The average molecular weight is 464 g/mol. The molecule has 0 aliphatic heterocycles. The summed E-state index contributed by atoms with van der Waals surface area (Å²) in [4.78, 5) is 17.1. The summed E-state index contributed by atoms with van der Waals surface area (Å²) < 4.78 is 26.7. The van der Waals surface area contributed by atoms with Crippen molar-refractivity contribution in [3.8, 4) is 10.6 Å². The van der Waals surface area contributed by atoms with Crippen LogP contribution in [0.15, 0.2) is 58.8 Å². The first-order valence-corrected chi connectivity index (χ1v) is 12.1. The molecule has 0 atom stereocenters. The maximum Gasteiger partial charge on any atom is 0.243 e. The van der Waals surface area contributed by atoms with E-state index in [1.54, 1.807) is 32.0 Å². The summed E-state index contributed by atoms with van der Waals surface area (Å²) in [5, 5.41) is 5.93. The van der Waals surface area contributed by atoms with E-state index in [0.29, 0.717) is 29.5 Å². The average Bonchev–Trinajstić information content (AvgIpc) is 3.17. The molecule has 0 saturated carbocycles. The van der Waals surface area contributed by atoms with Crippen LogP contribution in [-0.4, -0.2) is 36.7 Å². The molecule has 6 nitrogen and oxygen atoms in total. The van der Waals surface area contributed by atoms with Crippen molar-refractivity contribution in [1.82, 2.24) is 9.29 Å². The van der Waals surface area contributed by atoms with Crippen LogP contribution in [0, 0.1) is 0 Å². The number of benzene rings is 2. The second kappa shape index (κ2) is 9.70. The van der Waals surface area contributed by atoms with E-state index >= 15 is 0 Å². The Morgan fingerprint density at radius 2 is 1.87 bits per heavy atom. The molecule has 1 aromatic heterocycles. The molecule has 0 aliphatic rings. The van der Waals surface area contributed by atoms with Crippen LogP contribution in [0.2, 0.25) is 5.02 Å². The minimum Gasteiger partial charge on any atom is -0.326 e. The number of rotatable bonds is 8. The second-order valence-corrected chi connectivity index (χ2v) is 9.67. The van der Waals surface area contributed by atoms with Crippen molar-refractivity contribution in [3.63, 3.8) is 0 Å². The highest BCUT2D eigenvalue weighted by Crippen LogP contribution is 2.30. The molecule has 2 aromatic carbocycles. The molecule has 0 fully saturated rings. The Hall–Kier alpha value is -2.26. The number of nitrogens with zero attached hydrogens (tertiary/aromatic N) is 2. The third-order valence-electron chi connectivity index (χ3n) is 4.46. The van der Waals surface area contributed by atoms with E-state index < -0.39 is 10.0 Å². The number of thiazole rings is 1. The molecule has 1 heterocycles. The molecule has 30 heavy (non-hydrogen) atoms. The standard InChI is InChI=1S/C21H22ClN3O3S2/c1-3-25(4-2)30(27,28)17-9-7-8-15(12-17)23-20(26)13-16-14-29-21(24-16)18-10-5-6-11-19(18)22/h5-12,14H,3-4,13H2,1-2H3,(H,23,26). The fourth-order valence-electron chi connectivity index (χ4n) is 2.96. The number of hydrogen-bond donors (Lipinski definition) is 1. The fraction of sp³-hybridized carbons (Fsp3) is 0.238. The summed E-state index contributed by atoms with van der Waals surface area (Å²) in [6.07, 6.45) is 0.0774. The molecule has 0 unspecified atom stereocenters. The van der Waals surface area contributed by atoms with Gasteiger partial charge in [0, 0.05) is 29.7 Å². The molecule has 0 spiro atoms.